The van der Waals surface area contributed by atoms with Crippen molar-refractivity contribution in [3.63, 3.8) is 0 Å². The van der Waals surface area contributed by atoms with Gasteiger partial charge in [0.1, 0.15) is 36.4 Å². The van der Waals surface area contributed by atoms with Gasteiger partial charge in [0.15, 0.2) is 0 Å². The Kier molecular flexibility index (Phi) is 15.7. The number of hydrogen-bond acceptors (Lipinski definition) is 13. The number of amides is 3. The third-order valence-corrected chi connectivity index (χ3v) is 9.61. The Labute approximate surface area is 367 Å². The first kappa shape index (κ1) is 49.0. The van der Waals surface area contributed by atoms with Gasteiger partial charge in [-0.15, -0.1) is 0 Å². The summed E-state index contributed by atoms with van der Waals surface area (Å²) in [7, 11) is 0. The van der Waals surface area contributed by atoms with Crippen LogP contribution in [-0.2, 0) is 28.7 Å². The molecule has 2 fully saturated rings. The van der Waals surface area contributed by atoms with Crippen LogP contribution < -0.4 is 15.5 Å². The van der Waals surface area contributed by atoms with Crippen molar-refractivity contribution in [3.8, 4) is 6.07 Å². The van der Waals surface area contributed by atoms with Crippen molar-refractivity contribution in [2.45, 2.75) is 24.4 Å². The smallest absolute Gasteiger partial charge is 0.380 e. The van der Waals surface area contributed by atoms with Gasteiger partial charge in [0, 0.05) is 53.5 Å². The van der Waals surface area contributed by atoms with Crippen LogP contribution in [0.2, 0.25) is 10.0 Å². The van der Waals surface area contributed by atoms with E-state index in [4.69, 9.17) is 42.1 Å². The van der Waals surface area contributed by atoms with E-state index in [0.717, 1.165) is 6.08 Å². The molecule has 2 aliphatic rings. The van der Waals surface area contributed by atoms with Crippen LogP contribution in [0.3, 0.4) is 0 Å². The minimum atomic E-state index is -5.62. The van der Waals surface area contributed by atoms with Crippen molar-refractivity contribution in [2.75, 3.05) is 49.1 Å². The molecule has 2 saturated heterocycles. The predicted molar refractivity (Wildman–Crippen MR) is 215 cm³/mol. The maximum Gasteiger partial charge on any atom is 0.491 e. The molecule has 18 nitrogen and oxygen atoms in total. The molecule has 0 saturated carbocycles. The summed E-state index contributed by atoms with van der Waals surface area (Å²) in [5.74, 6) is -6.42. The number of primary amides is 1. The van der Waals surface area contributed by atoms with Crippen LogP contribution in [0.4, 0.5) is 49.4 Å². The first-order valence-electron chi connectivity index (χ1n) is 17.7. The topological polar surface area (TPSA) is 218 Å². The number of aromatic nitrogens is 4. The second-order valence-electron chi connectivity index (χ2n) is 12.9. The molecule has 0 spiro atoms. The summed E-state index contributed by atoms with van der Waals surface area (Å²) in [6, 6.07) is 7.28. The first-order valence-corrected chi connectivity index (χ1v) is 18.4. The Morgan fingerprint density at radius 1 is 0.750 bits per heavy atom. The van der Waals surface area contributed by atoms with Crippen LogP contribution in [0.15, 0.2) is 62.2 Å². The molecule has 332 valence electrons. The number of nitrogens with zero attached hydrogens (tertiary/aromatic N) is 11. The van der Waals surface area contributed by atoms with Gasteiger partial charge >= 0.3 is 24.3 Å². The number of piperazine rings is 2. The molecule has 64 heavy (non-hydrogen) atoms. The number of esters is 2. The summed E-state index contributed by atoms with van der Waals surface area (Å²) in [5.41, 5.74) is 7.32. The van der Waals surface area contributed by atoms with Crippen molar-refractivity contribution >= 4 is 97.7 Å². The molecule has 2 N–H and O–H groups in total. The Bertz CT molecular complexity index is 2640. The van der Waals surface area contributed by atoms with Gasteiger partial charge in [-0.2, -0.15) is 31.6 Å². The lowest BCUT2D eigenvalue weighted by atomic mass is 10.1. The SMILES string of the molecule is O=C(OC(=O)C(F)(F)F)C(F)(F)F.[C-]#[N+]c1cc2c(N3CCN(C(=O)C=C)C(C#N)C3)ncnc2cc1Cl.[C-]#[N+]c1cc2c(N3CCN(C(=O)C=C)C(C(N)=O)C3)ncnc2cc1Cl. The van der Waals surface area contributed by atoms with E-state index in [-0.39, 0.29) is 18.4 Å². The normalized spacial score (nSPS) is 16.1. The molecule has 2 unspecified atom stereocenters. The lowest BCUT2D eigenvalue weighted by Crippen LogP contribution is -2.59. The Hall–Kier alpha value is -7.62. The van der Waals surface area contributed by atoms with Crippen molar-refractivity contribution in [1.82, 2.24) is 29.7 Å². The monoisotopic (exact) mass is 932 g/mol. The summed E-state index contributed by atoms with van der Waals surface area (Å²) >= 11 is 12.1. The van der Waals surface area contributed by atoms with E-state index in [2.05, 4.69) is 53.6 Å². The fraction of sp³-hybridized carbons (Fsp3) is 0.263. The number of ether oxygens (including phenoxy) is 1. The molecule has 2 atom stereocenters. The van der Waals surface area contributed by atoms with Crippen LogP contribution in [-0.4, -0.2) is 123 Å². The number of fused-ring (bicyclic) bond motifs is 2. The number of carbonyl (C=O) groups is 5. The van der Waals surface area contributed by atoms with Crippen LogP contribution in [0.5, 0.6) is 0 Å². The highest BCUT2D eigenvalue weighted by Crippen LogP contribution is 2.35. The lowest BCUT2D eigenvalue weighted by Gasteiger charge is -2.40. The van der Waals surface area contributed by atoms with Crippen molar-refractivity contribution < 1.29 is 55.1 Å². The number of rotatable bonds is 5. The molecule has 2 aliphatic heterocycles. The highest BCUT2D eigenvalue weighted by Gasteiger charge is 2.49. The fourth-order valence-corrected chi connectivity index (χ4v) is 6.45. The van der Waals surface area contributed by atoms with Gasteiger partial charge in [0.2, 0.25) is 29.1 Å². The van der Waals surface area contributed by atoms with Crippen molar-refractivity contribution in [3.05, 3.63) is 95.1 Å². The summed E-state index contributed by atoms with van der Waals surface area (Å²) in [6.45, 7) is 23.5. The van der Waals surface area contributed by atoms with Crippen molar-refractivity contribution in [2.24, 2.45) is 5.73 Å². The second-order valence-corrected chi connectivity index (χ2v) is 13.7. The number of anilines is 2. The summed E-state index contributed by atoms with van der Waals surface area (Å²) < 4.78 is 69.7. The summed E-state index contributed by atoms with van der Waals surface area (Å²) in [4.78, 5) is 85.5. The minimum absolute atomic E-state index is 0.191. The molecule has 4 heterocycles. The number of alkyl halides is 6. The molecule has 0 bridgehead atoms. The summed E-state index contributed by atoms with van der Waals surface area (Å²) in [6.07, 6.45) is -6.05. The Morgan fingerprint density at radius 2 is 1.17 bits per heavy atom. The molecular formula is C38H28Cl2F6N12O6. The molecular weight excluding hydrogens is 905 g/mol. The maximum atomic E-state index is 12.0. The number of benzene rings is 2. The predicted octanol–water partition coefficient (Wildman–Crippen LogP) is 5.26. The van der Waals surface area contributed by atoms with E-state index in [0.29, 0.717) is 87.6 Å². The van der Waals surface area contributed by atoms with E-state index in [1.807, 2.05) is 9.80 Å². The van der Waals surface area contributed by atoms with Crippen molar-refractivity contribution in [1.29, 1.82) is 5.26 Å². The Balaban J connectivity index is 0.000000223. The van der Waals surface area contributed by atoms with Crippen LogP contribution in [0, 0.1) is 24.5 Å². The molecule has 0 radical (unpaired) electrons. The first-order chi connectivity index (χ1) is 30.1. The van der Waals surface area contributed by atoms with E-state index in [9.17, 15) is 55.6 Å². The highest BCUT2D eigenvalue weighted by atomic mass is 35.5. The zero-order valence-electron chi connectivity index (χ0n) is 32.4. The number of nitriles is 1. The van der Waals surface area contributed by atoms with E-state index < -0.39 is 42.3 Å². The van der Waals surface area contributed by atoms with E-state index in [1.54, 1.807) is 24.3 Å². The largest absolute Gasteiger partial charge is 0.491 e. The molecule has 2 aromatic carbocycles. The lowest BCUT2D eigenvalue weighted by molar-refractivity contribution is -0.221. The van der Waals surface area contributed by atoms with Crippen LogP contribution in [0.25, 0.3) is 31.5 Å². The standard InChI is InChI=1S/C17H15ClN6O2.C17H13ClN6O.C4F6O3/c1-3-15(25)24-5-4-23(8-14(24)16(19)26)17-10-6-13(20-2)11(18)7-12(10)21-9-22-17;1-3-16(25)24-5-4-23(9-11(24)8-19)17-12-6-15(20-2)13(18)7-14(12)21-10-22-17;5-3(6,7)1(11)13-2(12)4(8,9)10/h3,6-7,9,14H,1,4-5,8H2,(H2,19,26);3,6-7,10-11H,1,4-5,9H2;. The zero-order chi connectivity index (χ0) is 47.7. The number of halogens is 8. The van der Waals surface area contributed by atoms with Gasteiger partial charge in [-0.1, -0.05) is 36.4 Å². The number of nitrogens with two attached hydrogens (primary N) is 1. The third kappa shape index (κ3) is 11.4. The number of carbonyl (C=O) groups excluding carboxylic acids is 5. The van der Waals surface area contributed by atoms with Gasteiger partial charge in [-0.05, 0) is 36.4 Å². The highest BCUT2D eigenvalue weighted by molar-refractivity contribution is 6.34. The molecule has 2 aromatic heterocycles. The quantitative estimate of drug-likeness (QED) is 0.0889. The molecule has 4 aromatic rings. The molecule has 6 rings (SSSR count). The van der Waals surface area contributed by atoms with Gasteiger partial charge in [-0.3, -0.25) is 14.4 Å². The van der Waals surface area contributed by atoms with E-state index >= 15 is 0 Å². The van der Waals surface area contributed by atoms with Gasteiger partial charge in [-0.25, -0.2) is 39.2 Å². The molecule has 3 amide bonds. The average molecular weight is 934 g/mol. The van der Waals surface area contributed by atoms with Crippen LogP contribution >= 0.6 is 23.2 Å². The Morgan fingerprint density at radius 3 is 1.56 bits per heavy atom. The third-order valence-electron chi connectivity index (χ3n) is 9.01. The average Bonchev–Trinajstić information content (AvgIpc) is 3.26. The molecule has 26 heteroatoms. The molecule has 0 aliphatic carbocycles. The van der Waals surface area contributed by atoms with Crippen LogP contribution in [0.1, 0.15) is 0 Å². The summed E-state index contributed by atoms with van der Waals surface area (Å²) in [5, 5.41) is 11.4. The number of hydrogen-bond donors (Lipinski definition) is 1. The minimum Gasteiger partial charge on any atom is -0.380 e. The van der Waals surface area contributed by atoms with Gasteiger partial charge < -0.3 is 30.1 Å². The van der Waals surface area contributed by atoms with Gasteiger partial charge in [0.05, 0.1) is 36.8 Å². The fourth-order valence-electron chi connectivity index (χ4n) is 6.05. The second kappa shape index (κ2) is 20.5. The van der Waals surface area contributed by atoms with Gasteiger partial charge in [0.25, 0.3) is 0 Å². The zero-order valence-corrected chi connectivity index (χ0v) is 33.9. The van der Waals surface area contributed by atoms with E-state index in [1.165, 1.54) is 28.5 Å². The maximum absolute atomic E-state index is 12.0.